The van der Waals surface area contributed by atoms with E-state index in [0.717, 1.165) is 12.4 Å². The minimum Gasteiger partial charge on any atom is -0.355 e. The quantitative estimate of drug-likeness (QED) is 0.561. The number of hydrogen-bond donors (Lipinski definition) is 2. The van der Waals surface area contributed by atoms with Crippen molar-refractivity contribution in [1.29, 1.82) is 0 Å². The van der Waals surface area contributed by atoms with E-state index < -0.39 is 10.0 Å². The molecule has 0 spiro atoms. The molecule has 0 fully saturated rings. The van der Waals surface area contributed by atoms with Crippen molar-refractivity contribution in [2.75, 3.05) is 13.1 Å². The fourth-order valence-corrected chi connectivity index (χ4v) is 1.96. The van der Waals surface area contributed by atoms with Crippen LogP contribution in [0.3, 0.4) is 0 Å². The van der Waals surface area contributed by atoms with E-state index in [4.69, 9.17) is 11.6 Å². The van der Waals surface area contributed by atoms with Gasteiger partial charge in [0.1, 0.15) is 4.90 Å². The molecule has 1 aromatic rings. The molecule has 0 aliphatic carbocycles. The molecule has 0 atom stereocenters. The monoisotopic (exact) mass is 278 g/mol. The summed E-state index contributed by atoms with van der Waals surface area (Å²) in [5.41, 5.74) is 0. The van der Waals surface area contributed by atoms with Crippen LogP contribution < -0.4 is 10.0 Å². The fraction of sp³-hybridized carbons (Fsp3) is 0.375. The fourth-order valence-electron chi connectivity index (χ4n) is 0.946. The molecule has 2 N–H and O–H groups in total. The van der Waals surface area contributed by atoms with Crippen molar-refractivity contribution in [3.05, 3.63) is 17.7 Å². The van der Waals surface area contributed by atoms with Crippen molar-refractivity contribution in [2.45, 2.75) is 11.8 Å². The van der Waals surface area contributed by atoms with Gasteiger partial charge in [-0.25, -0.2) is 23.1 Å². The maximum absolute atomic E-state index is 11.6. The maximum atomic E-state index is 11.6. The number of sulfonamides is 1. The molecule has 1 rings (SSSR count). The number of nitrogens with zero attached hydrogens (tertiary/aromatic N) is 2. The average Bonchev–Trinajstić information content (AvgIpc) is 2.25. The second-order valence-electron chi connectivity index (χ2n) is 3.07. The predicted octanol–water partition coefficient (Wildman–Crippen LogP) is -0.456. The lowest BCUT2D eigenvalue weighted by Crippen LogP contribution is -2.33. The van der Waals surface area contributed by atoms with Crippen molar-refractivity contribution < 1.29 is 13.2 Å². The SMILES string of the molecule is CC(=O)NCCNS(=O)(=O)c1cnc(Cl)nc1. The number of rotatable bonds is 5. The Hall–Kier alpha value is -1.25. The molecule has 9 heteroatoms. The minimum absolute atomic E-state index is 0.0257. The van der Waals surface area contributed by atoms with Gasteiger partial charge in [-0.2, -0.15) is 0 Å². The highest BCUT2D eigenvalue weighted by atomic mass is 35.5. The van der Waals surface area contributed by atoms with Gasteiger partial charge in [0.05, 0.1) is 12.4 Å². The summed E-state index contributed by atoms with van der Waals surface area (Å²) in [5, 5.41) is 2.43. The molecule has 1 amide bonds. The van der Waals surface area contributed by atoms with Crippen molar-refractivity contribution in [3.63, 3.8) is 0 Å². The van der Waals surface area contributed by atoms with E-state index in [0.29, 0.717) is 0 Å². The summed E-state index contributed by atoms with van der Waals surface area (Å²) in [6, 6.07) is 0. The summed E-state index contributed by atoms with van der Waals surface area (Å²) < 4.78 is 25.6. The molecule has 7 nitrogen and oxygen atoms in total. The van der Waals surface area contributed by atoms with Gasteiger partial charge >= 0.3 is 0 Å². The summed E-state index contributed by atoms with van der Waals surface area (Å²) in [4.78, 5) is 17.6. The number of amides is 1. The van der Waals surface area contributed by atoms with Crippen LogP contribution in [0.2, 0.25) is 5.28 Å². The van der Waals surface area contributed by atoms with Gasteiger partial charge in [-0.3, -0.25) is 4.79 Å². The first kappa shape index (κ1) is 13.8. The van der Waals surface area contributed by atoms with Gasteiger partial charge < -0.3 is 5.32 Å². The zero-order valence-corrected chi connectivity index (χ0v) is 10.5. The largest absolute Gasteiger partial charge is 0.355 e. The highest BCUT2D eigenvalue weighted by Gasteiger charge is 2.14. The first-order valence-corrected chi connectivity index (χ1v) is 6.49. The molecule has 0 bridgehead atoms. The van der Waals surface area contributed by atoms with Gasteiger partial charge in [0.2, 0.25) is 21.2 Å². The lowest BCUT2D eigenvalue weighted by molar-refractivity contribution is -0.118. The lowest BCUT2D eigenvalue weighted by Gasteiger charge is -2.06. The molecular weight excluding hydrogens is 268 g/mol. The van der Waals surface area contributed by atoms with Crippen LogP contribution in [-0.4, -0.2) is 37.4 Å². The average molecular weight is 279 g/mol. The molecule has 17 heavy (non-hydrogen) atoms. The van der Waals surface area contributed by atoms with Crippen LogP contribution in [0, 0.1) is 0 Å². The van der Waals surface area contributed by atoms with E-state index in [-0.39, 0.29) is 29.2 Å². The maximum Gasteiger partial charge on any atom is 0.243 e. The Kier molecular flexibility index (Phi) is 4.79. The Morgan fingerprint density at radius 3 is 2.47 bits per heavy atom. The molecule has 0 aliphatic heterocycles. The highest BCUT2D eigenvalue weighted by molar-refractivity contribution is 7.89. The zero-order valence-electron chi connectivity index (χ0n) is 8.97. The van der Waals surface area contributed by atoms with Crippen LogP contribution in [0.5, 0.6) is 0 Å². The summed E-state index contributed by atoms with van der Waals surface area (Å²) in [6.45, 7) is 1.65. The highest BCUT2D eigenvalue weighted by Crippen LogP contribution is 2.06. The standard InChI is InChI=1S/C8H11ClN4O3S/c1-6(14)10-2-3-13-17(15,16)7-4-11-8(9)12-5-7/h4-5,13H,2-3H2,1H3,(H,10,14). The van der Waals surface area contributed by atoms with Gasteiger partial charge in [-0.05, 0) is 11.6 Å². The Morgan fingerprint density at radius 1 is 1.35 bits per heavy atom. The summed E-state index contributed by atoms with van der Waals surface area (Å²) in [7, 11) is -3.66. The Morgan fingerprint density at radius 2 is 1.94 bits per heavy atom. The Balaban J connectivity index is 2.57. The number of hydrogen-bond acceptors (Lipinski definition) is 5. The molecule has 1 aromatic heterocycles. The second-order valence-corrected chi connectivity index (χ2v) is 5.17. The molecular formula is C8H11ClN4O3S. The van der Waals surface area contributed by atoms with Gasteiger partial charge in [0.15, 0.2) is 0 Å². The number of aromatic nitrogens is 2. The smallest absolute Gasteiger partial charge is 0.243 e. The van der Waals surface area contributed by atoms with Crippen LogP contribution in [0.15, 0.2) is 17.3 Å². The van der Waals surface area contributed by atoms with Crippen LogP contribution >= 0.6 is 11.6 Å². The van der Waals surface area contributed by atoms with E-state index in [1.165, 1.54) is 6.92 Å². The Labute approximate surface area is 104 Å². The molecule has 0 radical (unpaired) electrons. The van der Waals surface area contributed by atoms with E-state index >= 15 is 0 Å². The van der Waals surface area contributed by atoms with Crippen molar-refractivity contribution in [1.82, 2.24) is 20.0 Å². The van der Waals surface area contributed by atoms with E-state index in [1.807, 2.05) is 0 Å². The van der Waals surface area contributed by atoms with Gasteiger partial charge in [0.25, 0.3) is 0 Å². The van der Waals surface area contributed by atoms with Crippen LogP contribution in [0.1, 0.15) is 6.92 Å². The topological polar surface area (TPSA) is 101 Å². The van der Waals surface area contributed by atoms with Gasteiger partial charge in [-0.1, -0.05) is 0 Å². The van der Waals surface area contributed by atoms with Crippen molar-refractivity contribution in [2.24, 2.45) is 0 Å². The van der Waals surface area contributed by atoms with Crippen molar-refractivity contribution in [3.8, 4) is 0 Å². The normalized spacial score (nSPS) is 11.2. The van der Waals surface area contributed by atoms with Gasteiger partial charge in [0, 0.05) is 20.0 Å². The first-order valence-electron chi connectivity index (χ1n) is 4.63. The van der Waals surface area contributed by atoms with Crippen LogP contribution in [0.25, 0.3) is 0 Å². The number of carbonyl (C=O) groups is 1. The predicted molar refractivity (Wildman–Crippen MR) is 60.9 cm³/mol. The molecule has 94 valence electrons. The first-order chi connectivity index (χ1) is 7.92. The molecule has 1 heterocycles. The van der Waals surface area contributed by atoms with Gasteiger partial charge in [-0.15, -0.1) is 0 Å². The second kappa shape index (κ2) is 5.89. The van der Waals surface area contributed by atoms with Crippen molar-refractivity contribution >= 4 is 27.5 Å². The van der Waals surface area contributed by atoms with E-state index in [9.17, 15) is 13.2 Å². The molecule has 0 unspecified atom stereocenters. The molecule has 0 aliphatic rings. The van der Waals surface area contributed by atoms with Crippen LogP contribution in [0.4, 0.5) is 0 Å². The van der Waals surface area contributed by atoms with Crippen LogP contribution in [-0.2, 0) is 14.8 Å². The minimum atomic E-state index is -3.66. The van der Waals surface area contributed by atoms with E-state index in [2.05, 4.69) is 20.0 Å². The zero-order chi connectivity index (χ0) is 12.9. The number of nitrogens with one attached hydrogen (secondary N) is 2. The summed E-state index contributed by atoms with van der Waals surface area (Å²) >= 11 is 5.44. The lowest BCUT2D eigenvalue weighted by atomic mass is 10.6. The molecule has 0 saturated carbocycles. The third-order valence-corrected chi connectivity index (χ3v) is 3.31. The third kappa shape index (κ3) is 4.63. The summed E-state index contributed by atoms with van der Waals surface area (Å²) in [6.07, 6.45) is 2.21. The molecule has 0 aromatic carbocycles. The van der Waals surface area contributed by atoms with E-state index in [1.54, 1.807) is 0 Å². The summed E-state index contributed by atoms with van der Waals surface area (Å²) in [5.74, 6) is -0.223. The number of halogens is 1. The third-order valence-electron chi connectivity index (χ3n) is 1.70. The number of carbonyl (C=O) groups excluding carboxylic acids is 1. The molecule has 0 saturated heterocycles. The Bertz CT molecular complexity index is 488.